The molecule has 4 nitrogen and oxygen atoms in total. The van der Waals surface area contributed by atoms with Crippen molar-refractivity contribution in [1.29, 1.82) is 0 Å². The van der Waals surface area contributed by atoms with Gasteiger partial charge in [-0.1, -0.05) is 6.07 Å². The number of morpholine rings is 1. The summed E-state index contributed by atoms with van der Waals surface area (Å²) in [6, 6.07) is 5.24. The van der Waals surface area contributed by atoms with E-state index in [0.717, 1.165) is 18.7 Å². The molecular weight excluding hydrogens is 180 g/mol. The van der Waals surface area contributed by atoms with E-state index in [9.17, 15) is 5.11 Å². The van der Waals surface area contributed by atoms with Gasteiger partial charge in [-0.3, -0.25) is 0 Å². The molecule has 1 unspecified atom stereocenters. The minimum absolute atomic E-state index is 0.0234. The highest BCUT2D eigenvalue weighted by Gasteiger charge is 2.16. The van der Waals surface area contributed by atoms with Crippen molar-refractivity contribution in [2.75, 3.05) is 25.4 Å². The number of phenolic OH excluding ortho intramolecular Hbond substituents is 1. The van der Waals surface area contributed by atoms with Crippen LogP contribution in [0.25, 0.3) is 0 Å². The molecule has 1 heterocycles. The summed E-state index contributed by atoms with van der Waals surface area (Å²) >= 11 is 0. The van der Waals surface area contributed by atoms with Crippen molar-refractivity contribution in [1.82, 2.24) is 5.32 Å². The maximum atomic E-state index is 9.43. The SMILES string of the molecule is Nc1ccc(C2CNCCO2)cc1O. The van der Waals surface area contributed by atoms with E-state index in [4.69, 9.17) is 10.5 Å². The number of hydrogen-bond acceptors (Lipinski definition) is 4. The lowest BCUT2D eigenvalue weighted by atomic mass is 10.1. The topological polar surface area (TPSA) is 67.5 Å². The summed E-state index contributed by atoms with van der Waals surface area (Å²) in [7, 11) is 0. The van der Waals surface area contributed by atoms with E-state index >= 15 is 0 Å². The molecule has 0 spiro atoms. The Hall–Kier alpha value is -1.26. The van der Waals surface area contributed by atoms with Gasteiger partial charge in [-0.25, -0.2) is 0 Å². The van der Waals surface area contributed by atoms with E-state index in [1.807, 2.05) is 6.07 Å². The number of nitrogens with one attached hydrogen (secondary N) is 1. The number of nitrogen functional groups attached to an aromatic ring is 1. The second-order valence-corrected chi connectivity index (χ2v) is 3.38. The van der Waals surface area contributed by atoms with E-state index in [0.29, 0.717) is 12.3 Å². The van der Waals surface area contributed by atoms with E-state index in [2.05, 4.69) is 5.32 Å². The Morgan fingerprint density at radius 3 is 3.00 bits per heavy atom. The highest BCUT2D eigenvalue weighted by Crippen LogP contribution is 2.26. The Bertz CT molecular complexity index is 322. The standard InChI is InChI=1S/C10H14N2O2/c11-8-2-1-7(5-9(8)13)10-6-12-3-4-14-10/h1-2,5,10,12-13H,3-4,6,11H2. The monoisotopic (exact) mass is 194 g/mol. The molecule has 1 saturated heterocycles. The predicted molar refractivity (Wildman–Crippen MR) is 54.1 cm³/mol. The van der Waals surface area contributed by atoms with Gasteiger partial charge in [0.2, 0.25) is 0 Å². The first-order chi connectivity index (χ1) is 6.77. The summed E-state index contributed by atoms with van der Waals surface area (Å²) < 4.78 is 5.54. The molecule has 0 bridgehead atoms. The first-order valence-electron chi connectivity index (χ1n) is 4.68. The van der Waals surface area contributed by atoms with Gasteiger partial charge in [0.1, 0.15) is 5.75 Å². The Labute approximate surface area is 82.7 Å². The minimum atomic E-state index is 0.0234. The van der Waals surface area contributed by atoms with E-state index in [1.54, 1.807) is 12.1 Å². The van der Waals surface area contributed by atoms with Gasteiger partial charge >= 0.3 is 0 Å². The third-order valence-corrected chi connectivity index (χ3v) is 2.35. The fraction of sp³-hybridized carbons (Fsp3) is 0.400. The summed E-state index contributed by atoms with van der Waals surface area (Å²) in [5, 5.41) is 12.7. The maximum Gasteiger partial charge on any atom is 0.138 e. The second-order valence-electron chi connectivity index (χ2n) is 3.38. The predicted octanol–water partition coefficient (Wildman–Crippen LogP) is 0.635. The zero-order valence-electron chi connectivity index (χ0n) is 7.86. The average molecular weight is 194 g/mol. The van der Waals surface area contributed by atoms with Crippen molar-refractivity contribution in [3.05, 3.63) is 23.8 Å². The Balaban J connectivity index is 2.18. The Morgan fingerprint density at radius 1 is 1.50 bits per heavy atom. The van der Waals surface area contributed by atoms with Crippen LogP contribution in [0.1, 0.15) is 11.7 Å². The lowest BCUT2D eigenvalue weighted by molar-refractivity contribution is 0.0276. The van der Waals surface area contributed by atoms with Crippen LogP contribution in [0.5, 0.6) is 5.75 Å². The third-order valence-electron chi connectivity index (χ3n) is 2.35. The summed E-state index contributed by atoms with van der Waals surface area (Å²) in [6.07, 6.45) is 0.0234. The summed E-state index contributed by atoms with van der Waals surface area (Å²) in [5.41, 5.74) is 6.87. The van der Waals surface area contributed by atoms with Crippen molar-refractivity contribution in [3.63, 3.8) is 0 Å². The largest absolute Gasteiger partial charge is 0.506 e. The minimum Gasteiger partial charge on any atom is -0.506 e. The fourth-order valence-electron chi connectivity index (χ4n) is 1.54. The molecule has 4 heteroatoms. The van der Waals surface area contributed by atoms with Crippen LogP contribution >= 0.6 is 0 Å². The normalized spacial score (nSPS) is 22.1. The lowest BCUT2D eigenvalue weighted by Crippen LogP contribution is -2.33. The molecule has 76 valence electrons. The lowest BCUT2D eigenvalue weighted by Gasteiger charge is -2.24. The highest BCUT2D eigenvalue weighted by atomic mass is 16.5. The molecule has 2 rings (SSSR count). The molecule has 0 radical (unpaired) electrons. The molecule has 1 atom stereocenters. The quantitative estimate of drug-likeness (QED) is 0.453. The average Bonchev–Trinajstić information content (AvgIpc) is 2.23. The number of ether oxygens (including phenoxy) is 1. The fourth-order valence-corrected chi connectivity index (χ4v) is 1.54. The molecule has 1 fully saturated rings. The molecule has 1 aliphatic heterocycles. The summed E-state index contributed by atoms with van der Waals surface area (Å²) in [6.45, 7) is 2.37. The van der Waals surface area contributed by atoms with E-state index < -0.39 is 0 Å². The van der Waals surface area contributed by atoms with Gasteiger partial charge in [0.15, 0.2) is 0 Å². The molecule has 1 aromatic carbocycles. The van der Waals surface area contributed by atoms with Crippen LogP contribution < -0.4 is 11.1 Å². The molecule has 0 aromatic heterocycles. The van der Waals surface area contributed by atoms with Crippen molar-refractivity contribution in [2.24, 2.45) is 0 Å². The zero-order valence-corrected chi connectivity index (χ0v) is 7.86. The van der Waals surface area contributed by atoms with Crippen molar-refractivity contribution in [3.8, 4) is 5.75 Å². The number of rotatable bonds is 1. The number of phenols is 1. The second kappa shape index (κ2) is 3.86. The third kappa shape index (κ3) is 1.81. The maximum absolute atomic E-state index is 9.43. The molecule has 0 aliphatic carbocycles. The molecule has 14 heavy (non-hydrogen) atoms. The van der Waals surface area contributed by atoms with Crippen molar-refractivity contribution >= 4 is 5.69 Å². The first kappa shape index (κ1) is 9.30. The molecule has 4 N–H and O–H groups in total. The van der Waals surface area contributed by atoms with Gasteiger partial charge < -0.3 is 20.9 Å². The summed E-state index contributed by atoms with van der Waals surface area (Å²) in [4.78, 5) is 0. The number of aromatic hydroxyl groups is 1. The number of anilines is 1. The Kier molecular flexibility index (Phi) is 2.56. The van der Waals surface area contributed by atoms with Gasteiger partial charge in [-0.15, -0.1) is 0 Å². The van der Waals surface area contributed by atoms with Gasteiger partial charge in [-0.2, -0.15) is 0 Å². The smallest absolute Gasteiger partial charge is 0.138 e. The first-order valence-corrected chi connectivity index (χ1v) is 4.68. The van der Waals surface area contributed by atoms with Crippen LogP contribution in [-0.2, 0) is 4.74 Å². The van der Waals surface area contributed by atoms with Crippen LogP contribution in [0.15, 0.2) is 18.2 Å². The molecule has 0 amide bonds. The zero-order chi connectivity index (χ0) is 9.97. The number of nitrogens with two attached hydrogens (primary N) is 1. The molecular formula is C10H14N2O2. The number of benzene rings is 1. The highest BCUT2D eigenvalue weighted by molar-refractivity contribution is 5.53. The van der Waals surface area contributed by atoms with Crippen molar-refractivity contribution in [2.45, 2.75) is 6.10 Å². The van der Waals surface area contributed by atoms with Gasteiger partial charge in [0.05, 0.1) is 18.4 Å². The molecule has 1 aromatic rings. The van der Waals surface area contributed by atoms with Crippen LogP contribution in [0.2, 0.25) is 0 Å². The molecule has 0 saturated carbocycles. The van der Waals surface area contributed by atoms with Crippen molar-refractivity contribution < 1.29 is 9.84 Å². The van der Waals surface area contributed by atoms with Crippen LogP contribution in [0, 0.1) is 0 Å². The van der Waals surface area contributed by atoms with Gasteiger partial charge in [0.25, 0.3) is 0 Å². The van der Waals surface area contributed by atoms with Crippen LogP contribution in [-0.4, -0.2) is 24.8 Å². The molecule has 1 aliphatic rings. The van der Waals surface area contributed by atoms with Crippen LogP contribution in [0.4, 0.5) is 5.69 Å². The van der Waals surface area contributed by atoms with E-state index in [-0.39, 0.29) is 11.9 Å². The van der Waals surface area contributed by atoms with Crippen LogP contribution in [0.3, 0.4) is 0 Å². The Morgan fingerprint density at radius 2 is 2.36 bits per heavy atom. The van der Waals surface area contributed by atoms with E-state index in [1.165, 1.54) is 0 Å². The van der Waals surface area contributed by atoms with Gasteiger partial charge in [0, 0.05) is 13.1 Å². The van der Waals surface area contributed by atoms with Gasteiger partial charge in [-0.05, 0) is 17.7 Å². The number of hydrogen-bond donors (Lipinski definition) is 3. The summed E-state index contributed by atoms with van der Waals surface area (Å²) in [5.74, 6) is 0.122.